The van der Waals surface area contributed by atoms with Crippen molar-refractivity contribution in [2.75, 3.05) is 0 Å². The third-order valence-corrected chi connectivity index (χ3v) is 5.14. The first kappa shape index (κ1) is 22.5. The van der Waals surface area contributed by atoms with Crippen molar-refractivity contribution in [3.8, 4) is 17.6 Å². The Bertz CT molecular complexity index is 1240. The lowest BCUT2D eigenvalue weighted by atomic mass is 10.2. The second-order valence-electron chi connectivity index (χ2n) is 5.91. The second-order valence-corrected chi connectivity index (χ2v) is 7.55. The fourth-order valence-corrected chi connectivity index (χ4v) is 3.37. The van der Waals surface area contributed by atoms with Gasteiger partial charge in [-0.3, -0.25) is 4.79 Å². The standard InChI is InChI=1S/C18H9BrCl2FN5O4/c19-13-15(25-26-17(13)27(29)30)18(28)24-7-9-1-2-12(21)16(14(9)22)31-11-4-8(6-23)3-10(20)5-11/h1-5H,7H2,(H,24,28)(H,25,26). The molecular weight excluding hydrogens is 520 g/mol. The lowest BCUT2D eigenvalue weighted by Gasteiger charge is -2.13. The Morgan fingerprint density at radius 2 is 2.13 bits per heavy atom. The van der Waals surface area contributed by atoms with Gasteiger partial charge in [0.2, 0.25) is 0 Å². The molecule has 1 aromatic heterocycles. The Balaban J connectivity index is 1.81. The number of carbonyl (C=O) groups is 1. The molecule has 0 saturated carbocycles. The molecule has 0 aliphatic heterocycles. The van der Waals surface area contributed by atoms with Crippen LogP contribution in [0.4, 0.5) is 10.2 Å². The van der Waals surface area contributed by atoms with Gasteiger partial charge in [-0.05, 0) is 45.1 Å². The first-order chi connectivity index (χ1) is 14.7. The average Bonchev–Trinajstić information content (AvgIpc) is 3.11. The van der Waals surface area contributed by atoms with E-state index < -0.39 is 22.5 Å². The van der Waals surface area contributed by atoms with Gasteiger partial charge in [0, 0.05) is 17.1 Å². The number of nitrogens with one attached hydrogen (secondary N) is 2. The lowest BCUT2D eigenvalue weighted by molar-refractivity contribution is -0.390. The summed E-state index contributed by atoms with van der Waals surface area (Å²) in [4.78, 5) is 22.4. The van der Waals surface area contributed by atoms with E-state index in [1.165, 1.54) is 30.3 Å². The van der Waals surface area contributed by atoms with Crippen LogP contribution in [-0.4, -0.2) is 21.0 Å². The van der Waals surface area contributed by atoms with Crippen LogP contribution in [0.3, 0.4) is 0 Å². The third-order valence-electron chi connectivity index (χ3n) is 3.88. The summed E-state index contributed by atoms with van der Waals surface area (Å²) in [6.45, 7) is -0.287. The van der Waals surface area contributed by atoms with Crippen molar-refractivity contribution in [3.05, 3.63) is 77.6 Å². The van der Waals surface area contributed by atoms with Gasteiger partial charge in [-0.15, -0.1) is 5.10 Å². The number of hydrogen-bond acceptors (Lipinski definition) is 6. The molecule has 0 radical (unpaired) electrons. The summed E-state index contributed by atoms with van der Waals surface area (Å²) >= 11 is 14.9. The van der Waals surface area contributed by atoms with Crippen LogP contribution in [0.25, 0.3) is 0 Å². The number of carbonyl (C=O) groups excluding carboxylic acids is 1. The van der Waals surface area contributed by atoms with Crippen molar-refractivity contribution in [1.82, 2.24) is 15.5 Å². The van der Waals surface area contributed by atoms with Crippen molar-refractivity contribution in [3.63, 3.8) is 0 Å². The van der Waals surface area contributed by atoms with Gasteiger partial charge in [0.25, 0.3) is 5.91 Å². The number of rotatable bonds is 6. The fourth-order valence-electron chi connectivity index (χ4n) is 2.46. The summed E-state index contributed by atoms with van der Waals surface area (Å²) in [5, 5.41) is 28.1. The molecular formula is C18H9BrCl2FN5O4. The average molecular weight is 529 g/mol. The maximum absolute atomic E-state index is 15.0. The second kappa shape index (κ2) is 9.30. The highest BCUT2D eigenvalue weighted by atomic mass is 79.9. The van der Waals surface area contributed by atoms with Gasteiger partial charge < -0.3 is 20.2 Å². The van der Waals surface area contributed by atoms with Crippen molar-refractivity contribution in [1.29, 1.82) is 5.26 Å². The molecule has 0 atom stereocenters. The molecule has 0 aliphatic carbocycles. The first-order valence-electron chi connectivity index (χ1n) is 8.23. The minimum Gasteiger partial charge on any atom is -0.453 e. The number of amides is 1. The summed E-state index contributed by atoms with van der Waals surface area (Å²) in [7, 11) is 0. The van der Waals surface area contributed by atoms with Crippen molar-refractivity contribution >= 4 is 50.9 Å². The summed E-state index contributed by atoms with van der Waals surface area (Å²) in [5.74, 6) is -2.34. The molecule has 31 heavy (non-hydrogen) atoms. The fraction of sp³-hybridized carbons (Fsp3) is 0.0556. The Kier molecular flexibility index (Phi) is 6.74. The number of nitrogens with zero attached hydrogens (tertiary/aromatic N) is 3. The lowest BCUT2D eigenvalue weighted by Crippen LogP contribution is -2.24. The number of hydrogen-bond donors (Lipinski definition) is 2. The maximum Gasteiger partial charge on any atom is 0.357 e. The van der Waals surface area contributed by atoms with E-state index in [0.717, 1.165) is 0 Å². The van der Waals surface area contributed by atoms with Crippen LogP contribution in [0.15, 0.2) is 34.8 Å². The highest BCUT2D eigenvalue weighted by molar-refractivity contribution is 9.10. The molecule has 2 aromatic carbocycles. The van der Waals surface area contributed by atoms with E-state index in [1.807, 2.05) is 6.07 Å². The minimum absolute atomic E-state index is 0.0245. The Morgan fingerprint density at radius 3 is 2.77 bits per heavy atom. The van der Waals surface area contributed by atoms with Crippen LogP contribution in [0, 0.1) is 27.3 Å². The number of nitro groups is 1. The third kappa shape index (κ3) is 4.93. The Hall–Kier alpha value is -3.20. The number of ether oxygens (including phenoxy) is 1. The normalized spacial score (nSPS) is 10.4. The van der Waals surface area contributed by atoms with Gasteiger partial charge in [0.05, 0.1) is 16.7 Å². The van der Waals surface area contributed by atoms with Gasteiger partial charge in [0.15, 0.2) is 17.3 Å². The monoisotopic (exact) mass is 527 g/mol. The van der Waals surface area contributed by atoms with E-state index in [4.69, 9.17) is 33.2 Å². The zero-order chi connectivity index (χ0) is 22.7. The number of aromatic amines is 1. The molecule has 0 unspecified atom stereocenters. The summed E-state index contributed by atoms with van der Waals surface area (Å²) in [5.41, 5.74) is -0.0296. The first-order valence-corrected chi connectivity index (χ1v) is 9.78. The Labute approximate surface area is 192 Å². The number of nitriles is 1. The number of H-pyrrole nitrogens is 1. The van der Waals surface area contributed by atoms with E-state index >= 15 is 0 Å². The molecule has 3 aromatic rings. The number of benzene rings is 2. The van der Waals surface area contributed by atoms with E-state index in [1.54, 1.807) is 0 Å². The van der Waals surface area contributed by atoms with Crippen LogP contribution in [-0.2, 0) is 6.54 Å². The smallest absolute Gasteiger partial charge is 0.357 e. The molecule has 0 saturated heterocycles. The number of aromatic nitrogens is 2. The summed E-state index contributed by atoms with van der Waals surface area (Å²) in [6.07, 6.45) is 0. The largest absolute Gasteiger partial charge is 0.453 e. The van der Waals surface area contributed by atoms with Crippen LogP contribution in [0.5, 0.6) is 11.5 Å². The van der Waals surface area contributed by atoms with Gasteiger partial charge in [-0.2, -0.15) is 5.26 Å². The summed E-state index contributed by atoms with van der Waals surface area (Å²) in [6, 6.07) is 8.76. The highest BCUT2D eigenvalue weighted by Crippen LogP contribution is 2.35. The van der Waals surface area contributed by atoms with Crippen LogP contribution in [0.2, 0.25) is 10.0 Å². The van der Waals surface area contributed by atoms with E-state index in [9.17, 15) is 19.3 Å². The predicted molar refractivity (Wildman–Crippen MR) is 112 cm³/mol. The van der Waals surface area contributed by atoms with Gasteiger partial charge >= 0.3 is 5.82 Å². The van der Waals surface area contributed by atoms with Crippen molar-refractivity contribution in [2.45, 2.75) is 6.54 Å². The molecule has 13 heteroatoms. The highest BCUT2D eigenvalue weighted by Gasteiger charge is 2.25. The Morgan fingerprint density at radius 1 is 1.39 bits per heavy atom. The molecule has 0 fully saturated rings. The van der Waals surface area contributed by atoms with Gasteiger partial charge in [-0.1, -0.05) is 34.4 Å². The molecule has 1 amide bonds. The molecule has 2 N–H and O–H groups in total. The predicted octanol–water partition coefficient (Wildman–Crippen LogP) is 5.12. The van der Waals surface area contributed by atoms with Crippen LogP contribution >= 0.6 is 39.1 Å². The van der Waals surface area contributed by atoms with E-state index in [-0.39, 0.29) is 49.4 Å². The van der Waals surface area contributed by atoms with E-state index in [0.29, 0.717) is 0 Å². The SMILES string of the molecule is N#Cc1cc(Cl)cc(Oc2c(Cl)ccc(CNC(=O)c3n[nH]c([N+](=O)[O-])c3Br)c2F)c1. The zero-order valence-corrected chi connectivity index (χ0v) is 18.2. The van der Waals surface area contributed by atoms with Crippen LogP contribution in [0.1, 0.15) is 21.6 Å². The molecule has 0 bridgehead atoms. The van der Waals surface area contributed by atoms with Gasteiger partial charge in [-0.25, -0.2) is 4.39 Å². The quantitative estimate of drug-likeness (QED) is 0.337. The molecule has 3 rings (SSSR count). The molecule has 0 aliphatic rings. The molecule has 9 nitrogen and oxygen atoms in total. The molecule has 1 heterocycles. The zero-order valence-electron chi connectivity index (χ0n) is 15.1. The topological polar surface area (TPSA) is 134 Å². The minimum atomic E-state index is -0.849. The summed E-state index contributed by atoms with van der Waals surface area (Å²) < 4.78 is 20.3. The van der Waals surface area contributed by atoms with Crippen molar-refractivity contribution < 1.29 is 18.8 Å². The maximum atomic E-state index is 15.0. The number of halogens is 4. The molecule has 0 spiro atoms. The molecule has 158 valence electrons. The van der Waals surface area contributed by atoms with E-state index in [2.05, 4.69) is 31.4 Å². The van der Waals surface area contributed by atoms with Crippen molar-refractivity contribution in [2.24, 2.45) is 0 Å². The van der Waals surface area contributed by atoms with Crippen LogP contribution < -0.4 is 10.1 Å². The van der Waals surface area contributed by atoms with Gasteiger partial charge in [0.1, 0.15) is 10.2 Å².